The summed E-state index contributed by atoms with van der Waals surface area (Å²) < 4.78 is 0. The molecule has 0 unspecified atom stereocenters. The summed E-state index contributed by atoms with van der Waals surface area (Å²) in [6.45, 7) is 2.85. The molecule has 0 bridgehead atoms. The minimum absolute atomic E-state index is 0.174. The average Bonchev–Trinajstić information content (AvgIpc) is 3.37. The zero-order valence-corrected chi connectivity index (χ0v) is 15.3. The number of carbonyl (C=O) groups is 1. The van der Waals surface area contributed by atoms with Crippen LogP contribution in [0.3, 0.4) is 0 Å². The topological polar surface area (TPSA) is 23.6 Å². The Bertz CT molecular complexity index is 771. The quantitative estimate of drug-likeness (QED) is 0.819. The predicted octanol–water partition coefficient (Wildman–Crippen LogP) is 3.86. The summed E-state index contributed by atoms with van der Waals surface area (Å²) in [5, 5.41) is 2.17. The summed E-state index contributed by atoms with van der Waals surface area (Å²) in [4.78, 5) is 19.6. The second-order valence-corrected chi connectivity index (χ2v) is 8.60. The Morgan fingerprint density at radius 1 is 1.12 bits per heavy atom. The highest BCUT2D eigenvalue weighted by Gasteiger charge is 2.48. The molecule has 130 valence electrons. The van der Waals surface area contributed by atoms with E-state index in [-0.39, 0.29) is 5.92 Å². The molecular formula is C21H24N2OS. The molecule has 0 aliphatic carbocycles. The molecule has 3 nitrogen and oxygen atoms in total. The molecule has 3 aliphatic rings. The Morgan fingerprint density at radius 3 is 2.88 bits per heavy atom. The van der Waals surface area contributed by atoms with Crippen molar-refractivity contribution in [2.75, 3.05) is 13.1 Å². The second kappa shape index (κ2) is 6.26. The van der Waals surface area contributed by atoms with Crippen molar-refractivity contribution in [3.05, 3.63) is 57.8 Å². The molecular weight excluding hydrogens is 328 g/mol. The van der Waals surface area contributed by atoms with E-state index in [9.17, 15) is 4.79 Å². The smallest absolute Gasteiger partial charge is 0.227 e. The van der Waals surface area contributed by atoms with E-state index in [0.29, 0.717) is 18.0 Å². The maximum Gasteiger partial charge on any atom is 0.227 e. The van der Waals surface area contributed by atoms with Crippen molar-refractivity contribution in [3.63, 3.8) is 0 Å². The van der Waals surface area contributed by atoms with Gasteiger partial charge >= 0.3 is 0 Å². The third-order valence-electron chi connectivity index (χ3n) is 6.31. The van der Waals surface area contributed by atoms with E-state index in [2.05, 4.69) is 51.6 Å². The van der Waals surface area contributed by atoms with Gasteiger partial charge in [0.15, 0.2) is 0 Å². The monoisotopic (exact) mass is 352 g/mol. The zero-order valence-electron chi connectivity index (χ0n) is 14.4. The standard InChI is InChI=1S/C21H24N2OS/c24-21(22-11-8-20-16(14-22)9-12-25-20)17-13-19(15-5-2-1-3-6-15)23-10-4-7-18(17)23/h1-3,5-6,9,12,17-19H,4,7-8,10-11,13-14H2/t17-,18+,19-/m1/s1. The number of hydrogen-bond acceptors (Lipinski definition) is 3. The lowest BCUT2D eigenvalue weighted by molar-refractivity contribution is -0.137. The Kier molecular flexibility index (Phi) is 3.90. The van der Waals surface area contributed by atoms with Gasteiger partial charge in [-0.25, -0.2) is 0 Å². The Morgan fingerprint density at radius 2 is 2.00 bits per heavy atom. The van der Waals surface area contributed by atoms with Crippen LogP contribution in [0.1, 0.15) is 41.3 Å². The molecule has 1 aromatic heterocycles. The number of amides is 1. The molecule has 1 amide bonds. The Hall–Kier alpha value is -1.65. The van der Waals surface area contributed by atoms with Crippen LogP contribution in [0.15, 0.2) is 41.8 Å². The SMILES string of the molecule is O=C([C@@H]1C[C@H](c2ccccc2)N2CCC[C@@H]12)N1CCc2sccc2C1. The number of nitrogens with zero attached hydrogens (tertiary/aromatic N) is 2. The van der Waals surface area contributed by atoms with E-state index in [4.69, 9.17) is 0 Å². The van der Waals surface area contributed by atoms with Crippen molar-refractivity contribution in [2.45, 2.75) is 44.3 Å². The second-order valence-electron chi connectivity index (χ2n) is 7.59. The maximum atomic E-state index is 13.4. The van der Waals surface area contributed by atoms with Gasteiger partial charge in [0.1, 0.15) is 0 Å². The van der Waals surface area contributed by atoms with Crippen LogP contribution in [-0.2, 0) is 17.8 Å². The van der Waals surface area contributed by atoms with Crippen molar-refractivity contribution in [2.24, 2.45) is 5.92 Å². The molecule has 4 heterocycles. The van der Waals surface area contributed by atoms with E-state index >= 15 is 0 Å². The number of carbonyl (C=O) groups excluding carboxylic acids is 1. The van der Waals surface area contributed by atoms with Crippen molar-refractivity contribution in [1.82, 2.24) is 9.80 Å². The Balaban J connectivity index is 1.38. The van der Waals surface area contributed by atoms with E-state index in [0.717, 1.165) is 32.5 Å². The summed E-state index contributed by atoms with van der Waals surface area (Å²) in [5.74, 6) is 0.570. The number of hydrogen-bond donors (Lipinski definition) is 0. The van der Waals surface area contributed by atoms with E-state index in [1.165, 1.54) is 28.8 Å². The van der Waals surface area contributed by atoms with Crippen LogP contribution in [0.5, 0.6) is 0 Å². The fourth-order valence-electron chi connectivity index (χ4n) is 5.11. The van der Waals surface area contributed by atoms with Gasteiger partial charge < -0.3 is 4.90 Å². The average molecular weight is 353 g/mol. The molecule has 4 heteroatoms. The molecule has 1 aromatic carbocycles. The van der Waals surface area contributed by atoms with Gasteiger partial charge in [-0.15, -0.1) is 11.3 Å². The lowest BCUT2D eigenvalue weighted by Crippen LogP contribution is -2.42. The summed E-state index contributed by atoms with van der Waals surface area (Å²) in [5.41, 5.74) is 2.74. The number of fused-ring (bicyclic) bond motifs is 2. The van der Waals surface area contributed by atoms with Crippen LogP contribution < -0.4 is 0 Å². The first-order valence-electron chi connectivity index (χ1n) is 9.46. The number of benzene rings is 1. The molecule has 2 aromatic rings. The van der Waals surface area contributed by atoms with Gasteiger partial charge in [-0.05, 0) is 54.8 Å². The van der Waals surface area contributed by atoms with Gasteiger partial charge in [0.25, 0.3) is 0 Å². The van der Waals surface area contributed by atoms with Gasteiger partial charge in [0.2, 0.25) is 5.91 Å². The van der Waals surface area contributed by atoms with Crippen LogP contribution in [0.2, 0.25) is 0 Å². The van der Waals surface area contributed by atoms with Gasteiger partial charge in [0.05, 0.1) is 5.92 Å². The molecule has 3 atom stereocenters. The maximum absolute atomic E-state index is 13.4. The molecule has 3 aliphatic heterocycles. The molecule has 25 heavy (non-hydrogen) atoms. The fraction of sp³-hybridized carbons (Fsp3) is 0.476. The highest BCUT2D eigenvalue weighted by molar-refractivity contribution is 7.10. The van der Waals surface area contributed by atoms with Crippen LogP contribution in [0, 0.1) is 5.92 Å². The van der Waals surface area contributed by atoms with Crippen LogP contribution in [0.4, 0.5) is 0 Å². The van der Waals surface area contributed by atoms with Gasteiger partial charge in [-0.2, -0.15) is 0 Å². The third-order valence-corrected chi connectivity index (χ3v) is 7.33. The van der Waals surface area contributed by atoms with Crippen molar-refractivity contribution in [3.8, 4) is 0 Å². The summed E-state index contributed by atoms with van der Waals surface area (Å²) in [6.07, 6.45) is 4.42. The predicted molar refractivity (Wildman–Crippen MR) is 100 cm³/mol. The van der Waals surface area contributed by atoms with Gasteiger partial charge in [0, 0.05) is 30.1 Å². The molecule has 0 N–H and O–H groups in total. The minimum Gasteiger partial charge on any atom is -0.338 e. The molecule has 5 rings (SSSR count). The van der Waals surface area contributed by atoms with E-state index < -0.39 is 0 Å². The summed E-state index contributed by atoms with van der Waals surface area (Å²) in [6, 6.07) is 13.8. The highest BCUT2D eigenvalue weighted by Crippen LogP contribution is 2.45. The Labute approximate surface area is 153 Å². The summed E-state index contributed by atoms with van der Waals surface area (Å²) in [7, 11) is 0. The van der Waals surface area contributed by atoms with Crippen molar-refractivity contribution >= 4 is 17.2 Å². The first-order chi connectivity index (χ1) is 12.3. The lowest BCUT2D eigenvalue weighted by Gasteiger charge is -2.31. The molecule has 0 radical (unpaired) electrons. The first-order valence-corrected chi connectivity index (χ1v) is 10.3. The van der Waals surface area contributed by atoms with Crippen LogP contribution in [0.25, 0.3) is 0 Å². The molecule has 0 saturated carbocycles. The highest BCUT2D eigenvalue weighted by atomic mass is 32.1. The zero-order chi connectivity index (χ0) is 16.8. The van der Waals surface area contributed by atoms with Crippen LogP contribution >= 0.6 is 11.3 Å². The minimum atomic E-state index is 0.174. The third kappa shape index (κ3) is 2.63. The molecule has 0 spiro atoms. The van der Waals surface area contributed by atoms with E-state index in [1.807, 2.05) is 11.3 Å². The molecule has 2 fully saturated rings. The van der Waals surface area contributed by atoms with Crippen molar-refractivity contribution < 1.29 is 4.79 Å². The number of rotatable bonds is 2. The normalized spacial score (nSPS) is 28.8. The van der Waals surface area contributed by atoms with Crippen LogP contribution in [-0.4, -0.2) is 34.8 Å². The first kappa shape index (κ1) is 15.6. The van der Waals surface area contributed by atoms with E-state index in [1.54, 1.807) is 0 Å². The fourth-order valence-corrected chi connectivity index (χ4v) is 6.00. The number of thiophene rings is 1. The van der Waals surface area contributed by atoms with Gasteiger partial charge in [-0.3, -0.25) is 9.69 Å². The largest absolute Gasteiger partial charge is 0.338 e. The summed E-state index contributed by atoms with van der Waals surface area (Å²) >= 11 is 1.84. The molecule has 2 saturated heterocycles. The van der Waals surface area contributed by atoms with Gasteiger partial charge in [-0.1, -0.05) is 30.3 Å². The van der Waals surface area contributed by atoms with Crippen molar-refractivity contribution in [1.29, 1.82) is 0 Å². The lowest BCUT2D eigenvalue weighted by atomic mass is 9.92.